The summed E-state index contributed by atoms with van der Waals surface area (Å²) in [6, 6.07) is 1.53. The quantitative estimate of drug-likeness (QED) is 0.744. The van der Waals surface area contributed by atoms with Gasteiger partial charge in [-0.1, -0.05) is 6.92 Å². The molecular formula is C14H20N2O5. The minimum Gasteiger partial charge on any atom is -0.481 e. The average Bonchev–Trinajstić information content (AvgIpc) is 2.98. The third-order valence-corrected chi connectivity index (χ3v) is 3.06. The molecule has 0 bridgehead atoms. The van der Waals surface area contributed by atoms with Crippen LogP contribution in [-0.4, -0.2) is 47.4 Å². The van der Waals surface area contributed by atoms with Crippen LogP contribution in [0.2, 0.25) is 0 Å². The van der Waals surface area contributed by atoms with E-state index in [1.165, 1.54) is 23.5 Å². The highest BCUT2D eigenvalue weighted by atomic mass is 16.4. The van der Waals surface area contributed by atoms with Gasteiger partial charge in [0.2, 0.25) is 5.91 Å². The Morgan fingerprint density at radius 1 is 1.43 bits per heavy atom. The topological polar surface area (TPSA) is 99.9 Å². The number of furan rings is 1. The van der Waals surface area contributed by atoms with Crippen LogP contribution in [0.3, 0.4) is 0 Å². The summed E-state index contributed by atoms with van der Waals surface area (Å²) in [6.07, 6.45) is 2.85. The fourth-order valence-corrected chi connectivity index (χ4v) is 1.75. The van der Waals surface area contributed by atoms with Crippen LogP contribution in [0.4, 0.5) is 0 Å². The smallest absolute Gasteiger partial charge is 0.308 e. The van der Waals surface area contributed by atoms with Gasteiger partial charge < -0.3 is 19.7 Å². The molecule has 0 saturated heterocycles. The van der Waals surface area contributed by atoms with Crippen molar-refractivity contribution >= 4 is 17.8 Å². The minimum atomic E-state index is -0.936. The summed E-state index contributed by atoms with van der Waals surface area (Å²) >= 11 is 0. The number of carbonyl (C=O) groups excluding carboxylic acids is 2. The highest BCUT2D eigenvalue weighted by molar-refractivity contribution is 5.94. The summed E-state index contributed by atoms with van der Waals surface area (Å²) in [4.78, 5) is 35.9. The first-order chi connectivity index (χ1) is 9.95. The molecule has 1 unspecified atom stereocenters. The van der Waals surface area contributed by atoms with Crippen molar-refractivity contribution in [3.05, 3.63) is 24.2 Å². The van der Waals surface area contributed by atoms with E-state index in [4.69, 9.17) is 9.52 Å². The van der Waals surface area contributed by atoms with E-state index in [2.05, 4.69) is 5.32 Å². The van der Waals surface area contributed by atoms with Crippen molar-refractivity contribution in [2.75, 3.05) is 19.6 Å². The van der Waals surface area contributed by atoms with Crippen LogP contribution >= 0.6 is 0 Å². The van der Waals surface area contributed by atoms with Gasteiger partial charge in [0.05, 0.1) is 17.7 Å². The zero-order chi connectivity index (χ0) is 15.8. The van der Waals surface area contributed by atoms with E-state index in [0.29, 0.717) is 12.1 Å². The molecule has 2 amide bonds. The first kappa shape index (κ1) is 16.7. The second-order valence-corrected chi connectivity index (χ2v) is 4.69. The Hall–Kier alpha value is -2.31. The highest BCUT2D eigenvalue weighted by Crippen LogP contribution is 2.03. The molecular weight excluding hydrogens is 276 g/mol. The zero-order valence-corrected chi connectivity index (χ0v) is 12.2. The summed E-state index contributed by atoms with van der Waals surface area (Å²) < 4.78 is 4.79. The average molecular weight is 296 g/mol. The van der Waals surface area contributed by atoms with Crippen molar-refractivity contribution < 1.29 is 23.9 Å². The predicted octanol–water partition coefficient (Wildman–Crippen LogP) is 0.969. The predicted molar refractivity (Wildman–Crippen MR) is 74.7 cm³/mol. The number of aliphatic carboxylic acids is 1. The van der Waals surface area contributed by atoms with Crippen LogP contribution in [0.5, 0.6) is 0 Å². The van der Waals surface area contributed by atoms with Gasteiger partial charge >= 0.3 is 5.97 Å². The Balaban J connectivity index is 2.37. The van der Waals surface area contributed by atoms with E-state index in [0.717, 1.165) is 0 Å². The highest BCUT2D eigenvalue weighted by Gasteiger charge is 2.19. The second-order valence-electron chi connectivity index (χ2n) is 4.69. The molecule has 0 spiro atoms. The molecule has 1 heterocycles. The van der Waals surface area contributed by atoms with E-state index < -0.39 is 11.9 Å². The summed E-state index contributed by atoms with van der Waals surface area (Å²) in [5.74, 6) is -2.04. The Bertz CT molecular complexity index is 484. The van der Waals surface area contributed by atoms with Crippen LogP contribution in [0.15, 0.2) is 23.0 Å². The number of carboxylic acid groups (broad SMARTS) is 1. The lowest BCUT2D eigenvalue weighted by atomic mass is 10.1. The first-order valence-corrected chi connectivity index (χ1v) is 6.76. The van der Waals surface area contributed by atoms with Gasteiger partial charge in [0.25, 0.3) is 5.91 Å². The van der Waals surface area contributed by atoms with Crippen molar-refractivity contribution in [1.29, 1.82) is 0 Å². The molecule has 2 N–H and O–H groups in total. The number of amides is 2. The largest absolute Gasteiger partial charge is 0.481 e. The van der Waals surface area contributed by atoms with Crippen molar-refractivity contribution in [3.8, 4) is 0 Å². The summed E-state index contributed by atoms with van der Waals surface area (Å²) in [5, 5.41) is 11.5. The molecule has 21 heavy (non-hydrogen) atoms. The van der Waals surface area contributed by atoms with Crippen LogP contribution in [0.1, 0.15) is 30.6 Å². The molecule has 1 aromatic heterocycles. The van der Waals surface area contributed by atoms with Crippen LogP contribution in [0, 0.1) is 5.92 Å². The summed E-state index contributed by atoms with van der Waals surface area (Å²) in [7, 11) is 0. The van der Waals surface area contributed by atoms with Crippen molar-refractivity contribution in [2.24, 2.45) is 5.92 Å². The lowest BCUT2D eigenvalue weighted by molar-refractivity contribution is -0.143. The molecule has 1 aromatic rings. The van der Waals surface area contributed by atoms with E-state index in [1.807, 2.05) is 0 Å². The standard InChI is InChI=1S/C14H20N2O5/c1-3-16(8-10(2)14(19)20)12(17)4-6-15-13(18)11-5-7-21-9-11/h5,7,9-10H,3-4,6,8H2,1-2H3,(H,15,18)(H,19,20). The molecule has 0 aliphatic rings. The van der Waals surface area contributed by atoms with Crippen molar-refractivity contribution in [3.63, 3.8) is 0 Å². The Labute approximate surface area is 122 Å². The number of hydrogen-bond acceptors (Lipinski definition) is 4. The molecule has 7 heteroatoms. The van der Waals surface area contributed by atoms with Gasteiger partial charge in [0.15, 0.2) is 0 Å². The summed E-state index contributed by atoms with van der Waals surface area (Å²) in [6.45, 7) is 4.14. The molecule has 1 rings (SSSR count). The minimum absolute atomic E-state index is 0.129. The van der Waals surface area contributed by atoms with Gasteiger partial charge in [-0.2, -0.15) is 0 Å². The van der Waals surface area contributed by atoms with E-state index in [9.17, 15) is 14.4 Å². The maximum Gasteiger partial charge on any atom is 0.308 e. The Kier molecular flexibility index (Phi) is 6.45. The monoisotopic (exact) mass is 296 g/mol. The molecule has 0 fully saturated rings. The maximum atomic E-state index is 12.0. The van der Waals surface area contributed by atoms with Gasteiger partial charge in [-0.3, -0.25) is 14.4 Å². The third-order valence-electron chi connectivity index (χ3n) is 3.06. The summed E-state index contributed by atoms with van der Waals surface area (Å²) in [5.41, 5.74) is 0.397. The lowest BCUT2D eigenvalue weighted by Gasteiger charge is -2.23. The van der Waals surface area contributed by atoms with Crippen molar-refractivity contribution in [1.82, 2.24) is 10.2 Å². The molecule has 116 valence electrons. The van der Waals surface area contributed by atoms with Gasteiger partial charge in [-0.05, 0) is 13.0 Å². The van der Waals surface area contributed by atoms with E-state index >= 15 is 0 Å². The molecule has 1 atom stereocenters. The normalized spacial score (nSPS) is 11.7. The fourth-order valence-electron chi connectivity index (χ4n) is 1.75. The van der Waals surface area contributed by atoms with Gasteiger partial charge in [0.1, 0.15) is 6.26 Å². The molecule has 0 aliphatic heterocycles. The third kappa shape index (κ3) is 5.29. The van der Waals surface area contributed by atoms with Gasteiger partial charge in [-0.25, -0.2) is 0 Å². The first-order valence-electron chi connectivity index (χ1n) is 6.76. The Morgan fingerprint density at radius 3 is 2.67 bits per heavy atom. The number of rotatable bonds is 8. The lowest BCUT2D eigenvalue weighted by Crippen LogP contribution is -2.38. The Morgan fingerprint density at radius 2 is 2.14 bits per heavy atom. The molecule has 0 aromatic carbocycles. The molecule has 0 radical (unpaired) electrons. The molecule has 0 aliphatic carbocycles. The van der Waals surface area contributed by atoms with E-state index in [-0.39, 0.29) is 31.3 Å². The van der Waals surface area contributed by atoms with Gasteiger partial charge in [0, 0.05) is 26.1 Å². The second kappa shape index (κ2) is 8.08. The number of nitrogens with one attached hydrogen (secondary N) is 1. The van der Waals surface area contributed by atoms with Crippen LogP contribution in [0.25, 0.3) is 0 Å². The zero-order valence-electron chi connectivity index (χ0n) is 12.2. The maximum absolute atomic E-state index is 12.0. The SMILES string of the molecule is CCN(CC(C)C(=O)O)C(=O)CCNC(=O)c1ccoc1. The molecule has 7 nitrogen and oxygen atoms in total. The van der Waals surface area contributed by atoms with E-state index in [1.54, 1.807) is 13.8 Å². The van der Waals surface area contributed by atoms with Crippen LogP contribution < -0.4 is 5.32 Å². The number of carbonyl (C=O) groups is 3. The number of nitrogens with zero attached hydrogens (tertiary/aromatic N) is 1. The van der Waals surface area contributed by atoms with Crippen LogP contribution in [-0.2, 0) is 9.59 Å². The molecule has 0 saturated carbocycles. The number of hydrogen-bond donors (Lipinski definition) is 2. The number of carboxylic acids is 1. The van der Waals surface area contributed by atoms with Crippen molar-refractivity contribution in [2.45, 2.75) is 20.3 Å². The fraction of sp³-hybridized carbons (Fsp3) is 0.500. The van der Waals surface area contributed by atoms with Gasteiger partial charge in [-0.15, -0.1) is 0 Å².